The van der Waals surface area contributed by atoms with Crippen molar-refractivity contribution in [3.05, 3.63) is 12.2 Å². The van der Waals surface area contributed by atoms with Crippen molar-refractivity contribution in [2.45, 2.75) is 31.7 Å². The fourth-order valence-corrected chi connectivity index (χ4v) is 1.81. The van der Waals surface area contributed by atoms with Gasteiger partial charge in [0.15, 0.2) is 0 Å². The van der Waals surface area contributed by atoms with E-state index in [1.54, 1.807) is 6.33 Å². The van der Waals surface area contributed by atoms with E-state index < -0.39 is 0 Å². The Morgan fingerprint density at radius 3 is 3.07 bits per heavy atom. The normalized spacial score (nSPS) is 18.1. The zero-order valence-corrected chi connectivity index (χ0v) is 8.91. The highest BCUT2D eigenvalue weighted by Gasteiger charge is 2.11. The van der Waals surface area contributed by atoms with Gasteiger partial charge in [-0.25, -0.2) is 4.98 Å². The third-order valence-corrected chi connectivity index (χ3v) is 2.71. The first-order valence-corrected chi connectivity index (χ1v) is 5.60. The van der Waals surface area contributed by atoms with Crippen molar-refractivity contribution in [2.24, 2.45) is 0 Å². The van der Waals surface area contributed by atoms with Gasteiger partial charge in [0, 0.05) is 25.7 Å². The molecule has 1 saturated heterocycles. The summed E-state index contributed by atoms with van der Waals surface area (Å²) in [7, 11) is 0. The van der Waals surface area contributed by atoms with Crippen LogP contribution in [0.15, 0.2) is 6.33 Å². The van der Waals surface area contributed by atoms with Gasteiger partial charge in [-0.15, -0.1) is 0 Å². The van der Waals surface area contributed by atoms with Crippen molar-refractivity contribution in [2.75, 3.05) is 19.8 Å². The molecule has 1 aliphatic rings. The smallest absolute Gasteiger partial charge is 0.137 e. The second kappa shape index (κ2) is 5.82. The summed E-state index contributed by atoms with van der Waals surface area (Å²) in [6, 6.07) is 0.647. The largest absolute Gasteiger partial charge is 0.381 e. The molecule has 5 nitrogen and oxygen atoms in total. The molecule has 0 spiro atoms. The topological polar surface area (TPSA) is 62.8 Å². The fourth-order valence-electron chi connectivity index (χ4n) is 1.81. The van der Waals surface area contributed by atoms with E-state index in [2.05, 4.69) is 20.5 Å². The Balaban J connectivity index is 1.54. The van der Waals surface area contributed by atoms with Gasteiger partial charge in [-0.3, -0.25) is 5.10 Å². The van der Waals surface area contributed by atoms with Crippen molar-refractivity contribution >= 4 is 0 Å². The Labute approximate surface area is 89.6 Å². The highest BCUT2D eigenvalue weighted by Crippen LogP contribution is 2.05. The average Bonchev–Trinajstić information content (AvgIpc) is 2.79. The summed E-state index contributed by atoms with van der Waals surface area (Å²) >= 11 is 0. The maximum absolute atomic E-state index is 5.30. The molecule has 15 heavy (non-hydrogen) atoms. The van der Waals surface area contributed by atoms with E-state index in [0.29, 0.717) is 6.04 Å². The zero-order chi connectivity index (χ0) is 10.3. The Bertz CT molecular complexity index is 256. The molecule has 2 rings (SSSR count). The van der Waals surface area contributed by atoms with Crippen LogP contribution in [-0.2, 0) is 11.2 Å². The molecule has 1 aliphatic heterocycles. The predicted octanol–water partition coefficient (Wildman–Crippen LogP) is 0.506. The molecule has 0 atom stereocenters. The molecule has 0 bridgehead atoms. The van der Waals surface area contributed by atoms with Crippen molar-refractivity contribution in [1.82, 2.24) is 20.5 Å². The molecule has 0 unspecified atom stereocenters. The summed E-state index contributed by atoms with van der Waals surface area (Å²) in [6.07, 6.45) is 5.91. The third kappa shape index (κ3) is 3.60. The molecule has 1 aromatic rings. The SMILES string of the molecule is c1n[nH]c(CCCNC2CCOCC2)n1. The number of nitrogens with zero attached hydrogens (tertiary/aromatic N) is 2. The van der Waals surface area contributed by atoms with Crippen molar-refractivity contribution in [1.29, 1.82) is 0 Å². The molecule has 5 heteroatoms. The van der Waals surface area contributed by atoms with Crippen molar-refractivity contribution in [3.8, 4) is 0 Å². The molecule has 84 valence electrons. The summed E-state index contributed by atoms with van der Waals surface area (Å²) < 4.78 is 5.30. The Hall–Kier alpha value is -0.940. The molecule has 1 fully saturated rings. The van der Waals surface area contributed by atoms with Crippen LogP contribution in [0.2, 0.25) is 0 Å². The number of ether oxygens (including phenoxy) is 1. The lowest BCUT2D eigenvalue weighted by Gasteiger charge is -2.23. The van der Waals surface area contributed by atoms with E-state index in [4.69, 9.17) is 4.74 Å². The van der Waals surface area contributed by atoms with Crippen LogP contribution in [0.1, 0.15) is 25.1 Å². The van der Waals surface area contributed by atoms with Crippen LogP contribution >= 0.6 is 0 Å². The zero-order valence-electron chi connectivity index (χ0n) is 8.91. The molecule has 0 saturated carbocycles. The van der Waals surface area contributed by atoms with E-state index in [-0.39, 0.29) is 0 Å². The van der Waals surface area contributed by atoms with Crippen LogP contribution in [0.4, 0.5) is 0 Å². The van der Waals surface area contributed by atoms with E-state index in [9.17, 15) is 0 Å². The van der Waals surface area contributed by atoms with E-state index >= 15 is 0 Å². The van der Waals surface area contributed by atoms with E-state index in [1.807, 2.05) is 0 Å². The van der Waals surface area contributed by atoms with Crippen LogP contribution in [0.3, 0.4) is 0 Å². The van der Waals surface area contributed by atoms with Gasteiger partial charge < -0.3 is 10.1 Å². The van der Waals surface area contributed by atoms with Crippen LogP contribution < -0.4 is 5.32 Å². The van der Waals surface area contributed by atoms with Gasteiger partial charge in [0.2, 0.25) is 0 Å². The molecule has 1 aromatic heterocycles. The summed E-state index contributed by atoms with van der Waals surface area (Å²) in [5, 5.41) is 10.2. The maximum atomic E-state index is 5.30. The number of aromatic nitrogens is 3. The van der Waals surface area contributed by atoms with Crippen molar-refractivity contribution in [3.63, 3.8) is 0 Å². The summed E-state index contributed by atoms with van der Waals surface area (Å²) in [5.41, 5.74) is 0. The highest BCUT2D eigenvalue weighted by atomic mass is 16.5. The number of aryl methyl sites for hydroxylation is 1. The number of aromatic amines is 1. The second-order valence-corrected chi connectivity index (χ2v) is 3.88. The molecule has 0 amide bonds. The monoisotopic (exact) mass is 210 g/mol. The first kappa shape index (κ1) is 10.6. The molecular weight excluding hydrogens is 192 g/mol. The molecule has 0 aromatic carbocycles. The number of H-pyrrole nitrogens is 1. The Morgan fingerprint density at radius 1 is 1.47 bits per heavy atom. The van der Waals surface area contributed by atoms with Gasteiger partial charge in [-0.2, -0.15) is 5.10 Å². The van der Waals surface area contributed by atoms with E-state index in [0.717, 1.165) is 51.3 Å². The minimum Gasteiger partial charge on any atom is -0.381 e. The lowest BCUT2D eigenvalue weighted by molar-refractivity contribution is 0.0780. The number of hydrogen-bond acceptors (Lipinski definition) is 4. The number of rotatable bonds is 5. The quantitative estimate of drug-likeness (QED) is 0.695. The van der Waals surface area contributed by atoms with Crippen LogP contribution in [0, 0.1) is 0 Å². The Morgan fingerprint density at radius 2 is 2.33 bits per heavy atom. The molecule has 2 N–H and O–H groups in total. The Kier molecular flexibility index (Phi) is 4.11. The first-order valence-electron chi connectivity index (χ1n) is 5.60. The third-order valence-electron chi connectivity index (χ3n) is 2.71. The molecular formula is C10H18N4O. The van der Waals surface area contributed by atoms with Gasteiger partial charge in [-0.05, 0) is 25.8 Å². The van der Waals surface area contributed by atoms with Gasteiger partial charge in [0.25, 0.3) is 0 Å². The second-order valence-electron chi connectivity index (χ2n) is 3.88. The standard InChI is InChI=1S/C10H18N4O/c1(2-10-12-8-13-14-10)5-11-9-3-6-15-7-4-9/h8-9,11H,1-7H2,(H,12,13,14). The van der Waals surface area contributed by atoms with Crippen LogP contribution in [-0.4, -0.2) is 41.0 Å². The lowest BCUT2D eigenvalue weighted by atomic mass is 10.1. The van der Waals surface area contributed by atoms with Gasteiger partial charge in [0.05, 0.1) is 0 Å². The summed E-state index contributed by atoms with van der Waals surface area (Å²) in [4.78, 5) is 4.09. The molecule has 0 radical (unpaired) electrons. The summed E-state index contributed by atoms with van der Waals surface area (Å²) in [6.45, 7) is 2.85. The predicted molar refractivity (Wildman–Crippen MR) is 56.5 cm³/mol. The fraction of sp³-hybridized carbons (Fsp3) is 0.800. The van der Waals surface area contributed by atoms with E-state index in [1.165, 1.54) is 0 Å². The highest BCUT2D eigenvalue weighted by molar-refractivity contribution is 4.80. The first-order chi connectivity index (χ1) is 7.45. The summed E-state index contributed by atoms with van der Waals surface area (Å²) in [5.74, 6) is 0.976. The van der Waals surface area contributed by atoms with Gasteiger partial charge in [-0.1, -0.05) is 0 Å². The minimum atomic E-state index is 0.647. The van der Waals surface area contributed by atoms with Crippen molar-refractivity contribution < 1.29 is 4.74 Å². The van der Waals surface area contributed by atoms with Crippen LogP contribution in [0.25, 0.3) is 0 Å². The molecule has 0 aliphatic carbocycles. The molecule has 2 heterocycles. The van der Waals surface area contributed by atoms with Crippen LogP contribution in [0.5, 0.6) is 0 Å². The maximum Gasteiger partial charge on any atom is 0.137 e. The van der Waals surface area contributed by atoms with Gasteiger partial charge >= 0.3 is 0 Å². The minimum absolute atomic E-state index is 0.647. The number of hydrogen-bond donors (Lipinski definition) is 2. The lowest BCUT2D eigenvalue weighted by Crippen LogP contribution is -2.35. The average molecular weight is 210 g/mol. The van der Waals surface area contributed by atoms with Gasteiger partial charge in [0.1, 0.15) is 12.2 Å². The number of nitrogens with one attached hydrogen (secondary N) is 2.